The lowest BCUT2D eigenvalue weighted by atomic mass is 10.2. The number of aliphatic imine (C=N–C) groups is 1. The van der Waals surface area contributed by atoms with Crippen LogP contribution in [0.2, 0.25) is 0 Å². The van der Waals surface area contributed by atoms with E-state index in [1.807, 2.05) is 14.0 Å². The van der Waals surface area contributed by atoms with Crippen LogP contribution in [0, 0.1) is 13.8 Å². The van der Waals surface area contributed by atoms with Crippen molar-refractivity contribution in [3.63, 3.8) is 0 Å². The summed E-state index contributed by atoms with van der Waals surface area (Å²) >= 11 is 1.74. The lowest BCUT2D eigenvalue weighted by Crippen LogP contribution is -2.26. The molecule has 2 aromatic carbocycles. The summed E-state index contributed by atoms with van der Waals surface area (Å²) in [5.74, 6) is 0.893. The highest BCUT2D eigenvalue weighted by atomic mass is 32.2. The van der Waals surface area contributed by atoms with Crippen molar-refractivity contribution in [1.82, 2.24) is 0 Å². The first-order valence-electron chi connectivity index (χ1n) is 7.68. The summed E-state index contributed by atoms with van der Waals surface area (Å²) in [7, 11) is 1.84. The van der Waals surface area contributed by atoms with Crippen molar-refractivity contribution in [2.45, 2.75) is 26.5 Å². The van der Waals surface area contributed by atoms with E-state index in [0.29, 0.717) is 0 Å². The van der Waals surface area contributed by atoms with E-state index in [1.54, 1.807) is 11.8 Å². The molecular weight excluding hydrogens is 300 g/mol. The number of allylic oxidation sites excluding steroid dienone is 1. The summed E-state index contributed by atoms with van der Waals surface area (Å²) in [6.45, 7) is 10.4. The predicted octanol–water partition coefficient (Wildman–Crippen LogP) is 5.56. The molecule has 0 atom stereocenters. The number of anilines is 1. The molecule has 2 nitrogen and oxygen atoms in total. The van der Waals surface area contributed by atoms with Gasteiger partial charge in [-0.15, -0.1) is 0 Å². The molecule has 23 heavy (non-hydrogen) atoms. The molecule has 0 aliphatic carbocycles. The number of nitrogens with zero attached hydrogens (tertiary/aromatic N) is 2. The average molecular weight is 324 g/mol. The topological polar surface area (TPSA) is 15.6 Å². The first-order valence-corrected chi connectivity index (χ1v) is 8.67. The largest absolute Gasteiger partial charge is 0.295 e. The Balaban J connectivity index is 2.21. The molecule has 2 aromatic rings. The van der Waals surface area contributed by atoms with Gasteiger partial charge in [-0.05, 0) is 44.0 Å². The standard InChI is InChI=1S/C20H24N2S/c1-15(2)22(19-11-7-9-17(4)13-19)20(21-5)23-14-18-10-6-8-16(3)12-18/h6-13H,1,14H2,2-5H3. The molecule has 0 heterocycles. The summed E-state index contributed by atoms with van der Waals surface area (Å²) in [4.78, 5) is 6.62. The molecule has 0 aromatic heterocycles. The highest BCUT2D eigenvalue weighted by molar-refractivity contribution is 8.13. The Morgan fingerprint density at radius 1 is 1.09 bits per heavy atom. The van der Waals surface area contributed by atoms with Crippen LogP contribution in [0.4, 0.5) is 5.69 Å². The Bertz CT molecular complexity index is 719. The Morgan fingerprint density at radius 2 is 1.74 bits per heavy atom. The summed E-state index contributed by atoms with van der Waals surface area (Å²) in [6.07, 6.45) is 0. The van der Waals surface area contributed by atoms with Gasteiger partial charge >= 0.3 is 0 Å². The van der Waals surface area contributed by atoms with Gasteiger partial charge in [0.2, 0.25) is 0 Å². The zero-order valence-electron chi connectivity index (χ0n) is 14.3. The smallest absolute Gasteiger partial charge is 0.168 e. The van der Waals surface area contributed by atoms with Crippen molar-refractivity contribution < 1.29 is 0 Å². The van der Waals surface area contributed by atoms with E-state index in [9.17, 15) is 0 Å². The molecule has 2 rings (SSSR count). The fourth-order valence-corrected chi connectivity index (χ4v) is 3.43. The molecule has 0 fully saturated rings. The van der Waals surface area contributed by atoms with Crippen molar-refractivity contribution in [2.75, 3.05) is 11.9 Å². The second-order valence-corrected chi connectivity index (χ2v) is 6.64. The van der Waals surface area contributed by atoms with Gasteiger partial charge in [-0.3, -0.25) is 9.89 Å². The Morgan fingerprint density at radius 3 is 2.30 bits per heavy atom. The van der Waals surface area contributed by atoms with Gasteiger partial charge in [0.15, 0.2) is 5.17 Å². The minimum Gasteiger partial charge on any atom is -0.295 e. The molecule has 0 aliphatic heterocycles. The minimum atomic E-state index is 0.893. The normalized spacial score (nSPS) is 11.4. The summed E-state index contributed by atoms with van der Waals surface area (Å²) in [5, 5.41) is 0.963. The number of hydrogen-bond acceptors (Lipinski definition) is 2. The maximum atomic E-state index is 4.50. The molecule has 0 bridgehead atoms. The summed E-state index contributed by atoms with van der Waals surface area (Å²) in [5.41, 5.74) is 5.89. The van der Waals surface area contributed by atoms with Gasteiger partial charge in [-0.2, -0.15) is 0 Å². The number of thioether (sulfide) groups is 1. The number of rotatable bonds is 4. The van der Waals surface area contributed by atoms with E-state index in [1.165, 1.54) is 16.7 Å². The maximum absolute atomic E-state index is 4.50. The van der Waals surface area contributed by atoms with Gasteiger partial charge < -0.3 is 0 Å². The third-order valence-corrected chi connectivity index (χ3v) is 4.58. The highest BCUT2D eigenvalue weighted by Gasteiger charge is 2.15. The van der Waals surface area contributed by atoms with E-state index >= 15 is 0 Å². The van der Waals surface area contributed by atoms with E-state index in [0.717, 1.165) is 22.3 Å². The van der Waals surface area contributed by atoms with Crippen molar-refractivity contribution >= 4 is 22.6 Å². The van der Waals surface area contributed by atoms with E-state index in [2.05, 4.69) is 78.8 Å². The Hall–Kier alpha value is -2.00. The van der Waals surface area contributed by atoms with Gasteiger partial charge in [0.05, 0.1) is 0 Å². The molecule has 0 unspecified atom stereocenters. The molecule has 0 radical (unpaired) electrons. The number of aryl methyl sites for hydroxylation is 2. The van der Waals surface area contributed by atoms with Crippen LogP contribution in [0.5, 0.6) is 0 Å². The minimum absolute atomic E-state index is 0.893. The predicted molar refractivity (Wildman–Crippen MR) is 104 cm³/mol. The van der Waals surface area contributed by atoms with E-state index in [4.69, 9.17) is 0 Å². The third-order valence-electron chi connectivity index (χ3n) is 3.47. The monoisotopic (exact) mass is 324 g/mol. The van der Waals surface area contributed by atoms with Crippen LogP contribution in [0.3, 0.4) is 0 Å². The zero-order valence-corrected chi connectivity index (χ0v) is 15.2. The number of benzene rings is 2. The lowest BCUT2D eigenvalue weighted by Gasteiger charge is -2.26. The van der Waals surface area contributed by atoms with Crippen molar-refractivity contribution in [2.24, 2.45) is 4.99 Å². The molecule has 0 saturated carbocycles. The molecule has 0 N–H and O–H groups in total. The summed E-state index contributed by atoms with van der Waals surface area (Å²) in [6, 6.07) is 17.0. The van der Waals surface area contributed by atoms with Crippen molar-refractivity contribution in [3.05, 3.63) is 77.5 Å². The Kier molecular flexibility index (Phi) is 6.05. The third kappa shape index (κ3) is 4.73. The first-order chi connectivity index (χ1) is 11.0. The molecular formula is C20H24N2S. The number of hydrogen-bond donors (Lipinski definition) is 0. The lowest BCUT2D eigenvalue weighted by molar-refractivity contribution is 1.20. The quantitative estimate of drug-likeness (QED) is 0.540. The Labute approximate surface area is 143 Å². The van der Waals surface area contributed by atoms with Crippen LogP contribution < -0.4 is 4.90 Å². The summed E-state index contributed by atoms with van der Waals surface area (Å²) < 4.78 is 0. The van der Waals surface area contributed by atoms with Crippen LogP contribution in [-0.2, 0) is 5.75 Å². The molecule has 3 heteroatoms. The maximum Gasteiger partial charge on any atom is 0.168 e. The van der Waals surface area contributed by atoms with Crippen LogP contribution >= 0.6 is 11.8 Å². The van der Waals surface area contributed by atoms with Gasteiger partial charge in [0, 0.05) is 24.2 Å². The fraction of sp³-hybridized carbons (Fsp3) is 0.250. The second-order valence-electron chi connectivity index (χ2n) is 5.69. The highest BCUT2D eigenvalue weighted by Crippen LogP contribution is 2.26. The van der Waals surface area contributed by atoms with E-state index < -0.39 is 0 Å². The van der Waals surface area contributed by atoms with Gasteiger partial charge in [0.25, 0.3) is 0 Å². The molecule has 0 saturated heterocycles. The fourth-order valence-electron chi connectivity index (χ4n) is 2.44. The van der Waals surface area contributed by atoms with Crippen LogP contribution in [0.15, 0.2) is 65.8 Å². The van der Waals surface area contributed by atoms with Gasteiger partial charge in [-0.1, -0.05) is 60.3 Å². The molecule has 0 spiro atoms. The van der Waals surface area contributed by atoms with Crippen molar-refractivity contribution in [1.29, 1.82) is 0 Å². The number of amidine groups is 1. The second kappa shape index (κ2) is 8.02. The van der Waals surface area contributed by atoms with Gasteiger partial charge in [-0.25, -0.2) is 0 Å². The van der Waals surface area contributed by atoms with Gasteiger partial charge in [0.1, 0.15) is 0 Å². The molecule has 0 aliphatic rings. The molecule has 120 valence electrons. The SMILES string of the molecule is C=C(C)N(C(=NC)SCc1cccc(C)c1)c1cccc(C)c1. The van der Waals surface area contributed by atoms with Crippen LogP contribution in [0.25, 0.3) is 0 Å². The molecule has 0 amide bonds. The average Bonchev–Trinajstić information content (AvgIpc) is 2.51. The van der Waals surface area contributed by atoms with Crippen LogP contribution in [-0.4, -0.2) is 12.2 Å². The van der Waals surface area contributed by atoms with Crippen LogP contribution in [0.1, 0.15) is 23.6 Å². The zero-order chi connectivity index (χ0) is 16.8. The first kappa shape index (κ1) is 17.4. The van der Waals surface area contributed by atoms with Crippen molar-refractivity contribution in [3.8, 4) is 0 Å². The van der Waals surface area contributed by atoms with E-state index in [-0.39, 0.29) is 0 Å².